The summed E-state index contributed by atoms with van der Waals surface area (Å²) in [6.07, 6.45) is 3.59. The fourth-order valence-electron chi connectivity index (χ4n) is 1.31. The van der Waals surface area contributed by atoms with Crippen LogP contribution in [0.2, 0.25) is 5.15 Å². The van der Waals surface area contributed by atoms with Gasteiger partial charge in [-0.15, -0.1) is 10.2 Å². The smallest absolute Gasteiger partial charge is 0.185 e. The Morgan fingerprint density at radius 3 is 2.94 bits per heavy atom. The van der Waals surface area contributed by atoms with Crippen molar-refractivity contribution in [3.63, 3.8) is 0 Å². The van der Waals surface area contributed by atoms with Crippen molar-refractivity contribution in [1.29, 1.82) is 0 Å². The van der Waals surface area contributed by atoms with E-state index in [0.29, 0.717) is 21.1 Å². The van der Waals surface area contributed by atoms with Crippen LogP contribution in [-0.2, 0) is 0 Å². The minimum Gasteiger partial charge on any atom is -0.191 e. The molecular formula is C10H8BrClN4. The SMILES string of the molecule is C=C/C(=C\C)c1nnc2cc(Br)c(Cl)nn12. The zero-order chi connectivity index (χ0) is 11.7. The van der Waals surface area contributed by atoms with Gasteiger partial charge in [-0.3, -0.25) is 0 Å². The van der Waals surface area contributed by atoms with Crippen LogP contribution in [0, 0.1) is 0 Å². The van der Waals surface area contributed by atoms with Crippen LogP contribution in [0.1, 0.15) is 12.7 Å². The number of halogens is 2. The predicted molar refractivity (Wildman–Crippen MR) is 67.3 cm³/mol. The molecule has 2 aromatic rings. The molecular weight excluding hydrogens is 291 g/mol. The van der Waals surface area contributed by atoms with Gasteiger partial charge in [0.25, 0.3) is 0 Å². The van der Waals surface area contributed by atoms with Crippen LogP contribution in [0.3, 0.4) is 0 Å². The molecule has 2 aromatic heterocycles. The summed E-state index contributed by atoms with van der Waals surface area (Å²) in [5.41, 5.74) is 1.49. The number of aromatic nitrogens is 4. The van der Waals surface area contributed by atoms with Gasteiger partial charge in [-0.25, -0.2) is 0 Å². The molecule has 0 aromatic carbocycles. The maximum absolute atomic E-state index is 5.93. The Labute approximate surface area is 106 Å². The summed E-state index contributed by atoms with van der Waals surface area (Å²) >= 11 is 9.21. The van der Waals surface area contributed by atoms with Crippen molar-refractivity contribution < 1.29 is 0 Å². The monoisotopic (exact) mass is 298 g/mol. The summed E-state index contributed by atoms with van der Waals surface area (Å²) in [5.74, 6) is 0.627. The van der Waals surface area contributed by atoms with E-state index in [1.165, 1.54) is 0 Å². The van der Waals surface area contributed by atoms with E-state index < -0.39 is 0 Å². The molecule has 0 aliphatic heterocycles. The zero-order valence-corrected chi connectivity index (χ0v) is 10.8. The molecule has 0 atom stereocenters. The summed E-state index contributed by atoms with van der Waals surface area (Å²) in [6.45, 7) is 5.62. The molecule has 2 rings (SSSR count). The molecule has 0 spiro atoms. The molecule has 0 saturated heterocycles. The summed E-state index contributed by atoms with van der Waals surface area (Å²) in [5, 5.41) is 12.6. The highest BCUT2D eigenvalue weighted by Gasteiger charge is 2.11. The van der Waals surface area contributed by atoms with Gasteiger partial charge in [0.1, 0.15) is 0 Å². The minimum atomic E-state index is 0.369. The molecule has 0 radical (unpaired) electrons. The van der Waals surface area contributed by atoms with Crippen LogP contribution < -0.4 is 0 Å². The Balaban J connectivity index is 2.74. The van der Waals surface area contributed by atoms with E-state index in [2.05, 4.69) is 37.8 Å². The highest BCUT2D eigenvalue weighted by molar-refractivity contribution is 9.10. The number of hydrogen-bond donors (Lipinski definition) is 0. The Hall–Kier alpha value is -1.20. The van der Waals surface area contributed by atoms with Crippen molar-refractivity contribution >= 4 is 38.8 Å². The topological polar surface area (TPSA) is 43.1 Å². The van der Waals surface area contributed by atoms with E-state index in [1.54, 1.807) is 16.7 Å². The number of allylic oxidation sites excluding steroid dienone is 3. The molecule has 4 nitrogen and oxygen atoms in total. The molecule has 0 aliphatic rings. The molecule has 6 heteroatoms. The lowest BCUT2D eigenvalue weighted by atomic mass is 10.2. The zero-order valence-electron chi connectivity index (χ0n) is 8.48. The average Bonchev–Trinajstić information content (AvgIpc) is 2.65. The van der Waals surface area contributed by atoms with E-state index in [-0.39, 0.29) is 0 Å². The van der Waals surface area contributed by atoms with Gasteiger partial charge >= 0.3 is 0 Å². The second-order valence-electron chi connectivity index (χ2n) is 3.02. The number of fused-ring (bicyclic) bond motifs is 1. The van der Waals surface area contributed by atoms with E-state index in [4.69, 9.17) is 11.6 Å². The van der Waals surface area contributed by atoms with Crippen molar-refractivity contribution in [2.45, 2.75) is 6.92 Å². The van der Waals surface area contributed by atoms with Gasteiger partial charge in [0.15, 0.2) is 16.6 Å². The minimum absolute atomic E-state index is 0.369. The summed E-state index contributed by atoms with van der Waals surface area (Å²) in [4.78, 5) is 0. The van der Waals surface area contributed by atoms with E-state index in [9.17, 15) is 0 Å². The van der Waals surface area contributed by atoms with Gasteiger partial charge in [-0.2, -0.15) is 9.61 Å². The van der Waals surface area contributed by atoms with Crippen LogP contribution in [0.25, 0.3) is 11.2 Å². The van der Waals surface area contributed by atoms with E-state index >= 15 is 0 Å². The predicted octanol–water partition coefficient (Wildman–Crippen LogP) is 3.13. The van der Waals surface area contributed by atoms with Crippen molar-refractivity contribution in [3.8, 4) is 0 Å². The third-order valence-corrected chi connectivity index (χ3v) is 3.21. The fraction of sp³-hybridized carbons (Fsp3) is 0.100. The first kappa shape index (κ1) is 11.3. The molecule has 0 fully saturated rings. The van der Waals surface area contributed by atoms with E-state index in [0.717, 1.165) is 5.57 Å². The lowest BCUT2D eigenvalue weighted by Gasteiger charge is -2.00. The van der Waals surface area contributed by atoms with Crippen molar-refractivity contribution in [1.82, 2.24) is 19.8 Å². The average molecular weight is 300 g/mol. The van der Waals surface area contributed by atoms with Gasteiger partial charge < -0.3 is 0 Å². The molecule has 82 valence electrons. The summed E-state index contributed by atoms with van der Waals surface area (Å²) in [7, 11) is 0. The summed E-state index contributed by atoms with van der Waals surface area (Å²) < 4.78 is 2.28. The molecule has 2 heterocycles. The normalized spacial score (nSPS) is 12.1. The summed E-state index contributed by atoms with van der Waals surface area (Å²) in [6, 6.07) is 1.77. The van der Waals surface area contributed by atoms with Crippen LogP contribution in [0.4, 0.5) is 0 Å². The molecule has 16 heavy (non-hydrogen) atoms. The molecule has 0 saturated carbocycles. The van der Waals surface area contributed by atoms with Crippen LogP contribution >= 0.6 is 27.5 Å². The Bertz CT molecular complexity index is 588. The number of nitrogens with zero attached hydrogens (tertiary/aromatic N) is 4. The second-order valence-corrected chi connectivity index (χ2v) is 4.24. The molecule has 0 amide bonds. The number of hydrogen-bond acceptors (Lipinski definition) is 3. The van der Waals surface area contributed by atoms with Gasteiger partial charge in [0, 0.05) is 11.6 Å². The number of rotatable bonds is 2. The Morgan fingerprint density at radius 2 is 2.31 bits per heavy atom. The van der Waals surface area contributed by atoms with Crippen molar-refractivity contribution in [2.24, 2.45) is 0 Å². The van der Waals surface area contributed by atoms with Crippen LogP contribution in [0.15, 0.2) is 29.3 Å². The lowest BCUT2D eigenvalue weighted by molar-refractivity contribution is 0.904. The quantitative estimate of drug-likeness (QED) is 0.800. The van der Waals surface area contributed by atoms with Gasteiger partial charge in [0.2, 0.25) is 0 Å². The van der Waals surface area contributed by atoms with Crippen molar-refractivity contribution in [2.75, 3.05) is 0 Å². The van der Waals surface area contributed by atoms with Crippen LogP contribution in [-0.4, -0.2) is 19.8 Å². The maximum Gasteiger partial charge on any atom is 0.185 e. The lowest BCUT2D eigenvalue weighted by Crippen LogP contribution is -1.98. The molecule has 0 bridgehead atoms. The molecule has 0 N–H and O–H groups in total. The van der Waals surface area contributed by atoms with Gasteiger partial charge in [0.05, 0.1) is 4.47 Å². The third kappa shape index (κ3) is 1.76. The third-order valence-electron chi connectivity index (χ3n) is 2.09. The first-order valence-corrected chi connectivity index (χ1v) is 5.71. The largest absolute Gasteiger partial charge is 0.191 e. The maximum atomic E-state index is 5.93. The second kappa shape index (κ2) is 4.35. The Kier molecular flexibility index (Phi) is 3.07. The first-order chi connectivity index (χ1) is 7.67. The van der Waals surface area contributed by atoms with Crippen molar-refractivity contribution in [3.05, 3.63) is 40.2 Å². The fourth-order valence-corrected chi connectivity index (χ4v) is 1.72. The van der Waals surface area contributed by atoms with Gasteiger partial charge in [-0.1, -0.05) is 30.3 Å². The first-order valence-electron chi connectivity index (χ1n) is 4.54. The molecule has 0 aliphatic carbocycles. The van der Waals surface area contributed by atoms with Gasteiger partial charge in [-0.05, 0) is 22.9 Å². The van der Waals surface area contributed by atoms with E-state index in [1.807, 2.05) is 13.0 Å². The highest BCUT2D eigenvalue weighted by Crippen LogP contribution is 2.22. The van der Waals surface area contributed by atoms with Crippen LogP contribution in [0.5, 0.6) is 0 Å². The molecule has 0 unspecified atom stereocenters. The highest BCUT2D eigenvalue weighted by atomic mass is 79.9. The standard InChI is InChI=1S/C10H8BrClN4/c1-3-6(4-2)10-14-13-8-5-7(11)9(12)15-16(8)10/h3-5H,1H2,2H3/b6-4+. The Morgan fingerprint density at radius 1 is 1.56 bits per heavy atom.